The second kappa shape index (κ2) is 4.45. The van der Waals surface area contributed by atoms with Gasteiger partial charge in [-0.25, -0.2) is 0 Å². The van der Waals surface area contributed by atoms with Crippen LogP contribution in [-0.4, -0.2) is 26.2 Å². The maximum absolute atomic E-state index is 9.92. The standard InChI is InChI=1S/C9H17NO2/c1-9(4-7-12-8-11)2-5-10-6-3-9/h8,10H,2-7H2,1H3. The van der Waals surface area contributed by atoms with Crippen molar-refractivity contribution < 1.29 is 9.53 Å². The van der Waals surface area contributed by atoms with E-state index in [9.17, 15) is 4.79 Å². The summed E-state index contributed by atoms with van der Waals surface area (Å²) in [6.07, 6.45) is 3.37. The highest BCUT2D eigenvalue weighted by atomic mass is 16.5. The Labute approximate surface area is 73.5 Å². The molecular formula is C9H17NO2. The molecule has 0 bridgehead atoms. The molecule has 70 valence electrons. The van der Waals surface area contributed by atoms with E-state index in [2.05, 4.69) is 12.2 Å². The first-order valence-corrected chi connectivity index (χ1v) is 4.53. The van der Waals surface area contributed by atoms with Crippen molar-refractivity contribution in [1.29, 1.82) is 0 Å². The normalized spacial score (nSPS) is 21.8. The Morgan fingerprint density at radius 1 is 1.50 bits per heavy atom. The third kappa shape index (κ3) is 2.81. The van der Waals surface area contributed by atoms with Crippen molar-refractivity contribution >= 4 is 6.47 Å². The van der Waals surface area contributed by atoms with Crippen LogP contribution in [0.5, 0.6) is 0 Å². The predicted molar refractivity (Wildman–Crippen MR) is 46.8 cm³/mol. The number of ether oxygens (including phenoxy) is 1. The SMILES string of the molecule is CC1(CCOC=O)CCNCC1. The van der Waals surface area contributed by atoms with Gasteiger partial charge >= 0.3 is 0 Å². The van der Waals surface area contributed by atoms with Crippen LogP contribution >= 0.6 is 0 Å². The Morgan fingerprint density at radius 2 is 2.17 bits per heavy atom. The number of carbonyl (C=O) groups is 1. The molecule has 12 heavy (non-hydrogen) atoms. The zero-order valence-corrected chi connectivity index (χ0v) is 7.64. The van der Waals surface area contributed by atoms with E-state index in [0.29, 0.717) is 18.5 Å². The van der Waals surface area contributed by atoms with Crippen molar-refractivity contribution in [3.63, 3.8) is 0 Å². The molecule has 3 nitrogen and oxygen atoms in total. The molecule has 0 aromatic carbocycles. The highest BCUT2D eigenvalue weighted by Crippen LogP contribution is 2.31. The minimum Gasteiger partial charge on any atom is -0.468 e. The van der Waals surface area contributed by atoms with Crippen molar-refractivity contribution in [3.05, 3.63) is 0 Å². The highest BCUT2D eigenvalue weighted by molar-refractivity contribution is 5.36. The topological polar surface area (TPSA) is 38.3 Å². The Balaban J connectivity index is 2.21. The molecule has 0 aliphatic carbocycles. The van der Waals surface area contributed by atoms with E-state index in [1.807, 2.05) is 0 Å². The Bertz CT molecular complexity index is 141. The van der Waals surface area contributed by atoms with E-state index in [-0.39, 0.29) is 0 Å². The highest BCUT2D eigenvalue weighted by Gasteiger charge is 2.25. The molecule has 0 radical (unpaired) electrons. The minimum absolute atomic E-state index is 0.383. The van der Waals surface area contributed by atoms with E-state index < -0.39 is 0 Å². The lowest BCUT2D eigenvalue weighted by Crippen LogP contribution is -2.35. The van der Waals surface area contributed by atoms with Gasteiger partial charge in [0.2, 0.25) is 0 Å². The lowest BCUT2D eigenvalue weighted by Gasteiger charge is -2.33. The molecule has 1 aliphatic heterocycles. The average molecular weight is 171 g/mol. The lowest BCUT2D eigenvalue weighted by molar-refractivity contribution is -0.129. The quantitative estimate of drug-likeness (QED) is 0.505. The third-order valence-corrected chi connectivity index (χ3v) is 2.70. The summed E-state index contributed by atoms with van der Waals surface area (Å²) in [5.74, 6) is 0. The Kier molecular flexibility index (Phi) is 3.53. The summed E-state index contributed by atoms with van der Waals surface area (Å²) in [4.78, 5) is 9.92. The Hall–Kier alpha value is -0.570. The molecular weight excluding hydrogens is 154 g/mol. The van der Waals surface area contributed by atoms with E-state index in [4.69, 9.17) is 4.74 Å². The molecule has 1 fully saturated rings. The second-order valence-electron chi connectivity index (χ2n) is 3.78. The van der Waals surface area contributed by atoms with Crippen LogP contribution in [-0.2, 0) is 9.53 Å². The molecule has 1 N–H and O–H groups in total. The van der Waals surface area contributed by atoms with Crippen LogP contribution in [0.3, 0.4) is 0 Å². The monoisotopic (exact) mass is 171 g/mol. The van der Waals surface area contributed by atoms with E-state index in [1.54, 1.807) is 0 Å². The molecule has 0 unspecified atom stereocenters. The fourth-order valence-electron chi connectivity index (χ4n) is 1.63. The summed E-state index contributed by atoms with van der Waals surface area (Å²) in [6.45, 7) is 5.56. The summed E-state index contributed by atoms with van der Waals surface area (Å²) in [5.41, 5.74) is 0.383. The molecule has 0 amide bonds. The van der Waals surface area contributed by atoms with Crippen LogP contribution in [0.1, 0.15) is 26.2 Å². The van der Waals surface area contributed by atoms with Crippen LogP contribution in [0.2, 0.25) is 0 Å². The van der Waals surface area contributed by atoms with Crippen molar-refractivity contribution in [2.24, 2.45) is 5.41 Å². The average Bonchev–Trinajstić information content (AvgIpc) is 2.06. The van der Waals surface area contributed by atoms with Gasteiger partial charge in [-0.1, -0.05) is 6.92 Å². The fraction of sp³-hybridized carbons (Fsp3) is 0.889. The zero-order chi connectivity index (χ0) is 8.86. The van der Waals surface area contributed by atoms with Crippen molar-refractivity contribution in [2.75, 3.05) is 19.7 Å². The van der Waals surface area contributed by atoms with Crippen LogP contribution in [0.25, 0.3) is 0 Å². The zero-order valence-electron chi connectivity index (χ0n) is 7.64. The van der Waals surface area contributed by atoms with Gasteiger partial charge in [0.15, 0.2) is 0 Å². The van der Waals surface area contributed by atoms with E-state index >= 15 is 0 Å². The van der Waals surface area contributed by atoms with Gasteiger partial charge in [0.1, 0.15) is 0 Å². The first-order chi connectivity index (χ1) is 5.77. The first kappa shape index (κ1) is 9.52. The molecule has 0 atom stereocenters. The van der Waals surface area contributed by atoms with Crippen LogP contribution < -0.4 is 5.32 Å². The van der Waals surface area contributed by atoms with Crippen molar-refractivity contribution in [1.82, 2.24) is 5.32 Å². The first-order valence-electron chi connectivity index (χ1n) is 4.53. The van der Waals surface area contributed by atoms with E-state index in [1.165, 1.54) is 12.8 Å². The summed E-state index contributed by atoms with van der Waals surface area (Å²) in [7, 11) is 0. The smallest absolute Gasteiger partial charge is 0.293 e. The number of hydrogen-bond acceptors (Lipinski definition) is 3. The molecule has 1 saturated heterocycles. The molecule has 1 aliphatic rings. The minimum atomic E-state index is 0.383. The molecule has 0 aromatic heterocycles. The van der Waals surface area contributed by atoms with Crippen molar-refractivity contribution in [3.8, 4) is 0 Å². The molecule has 0 aromatic rings. The number of rotatable bonds is 4. The number of carbonyl (C=O) groups excluding carboxylic acids is 1. The van der Waals surface area contributed by atoms with Gasteiger partial charge in [0, 0.05) is 0 Å². The third-order valence-electron chi connectivity index (χ3n) is 2.70. The summed E-state index contributed by atoms with van der Waals surface area (Å²) < 4.78 is 4.70. The maximum atomic E-state index is 9.92. The van der Waals surface area contributed by atoms with Gasteiger partial charge < -0.3 is 10.1 Å². The van der Waals surface area contributed by atoms with E-state index in [0.717, 1.165) is 19.5 Å². The lowest BCUT2D eigenvalue weighted by atomic mass is 9.78. The molecule has 3 heteroatoms. The number of hydrogen-bond donors (Lipinski definition) is 1. The van der Waals surface area contributed by atoms with Gasteiger partial charge in [-0.3, -0.25) is 4.79 Å². The summed E-state index contributed by atoms with van der Waals surface area (Å²) in [6, 6.07) is 0. The predicted octanol–water partition coefficient (Wildman–Crippen LogP) is 0.939. The van der Waals surface area contributed by atoms with Gasteiger partial charge in [-0.2, -0.15) is 0 Å². The molecule has 1 rings (SSSR count). The summed E-state index contributed by atoms with van der Waals surface area (Å²) >= 11 is 0. The van der Waals surface area contributed by atoms with Crippen molar-refractivity contribution in [2.45, 2.75) is 26.2 Å². The van der Waals surface area contributed by atoms with Crippen LogP contribution in [0.4, 0.5) is 0 Å². The van der Waals surface area contributed by atoms with Crippen LogP contribution in [0.15, 0.2) is 0 Å². The van der Waals surface area contributed by atoms with Gasteiger partial charge in [-0.05, 0) is 37.8 Å². The molecule has 1 heterocycles. The second-order valence-corrected chi connectivity index (χ2v) is 3.78. The Morgan fingerprint density at radius 3 is 2.75 bits per heavy atom. The number of nitrogens with one attached hydrogen (secondary N) is 1. The maximum Gasteiger partial charge on any atom is 0.293 e. The summed E-state index contributed by atoms with van der Waals surface area (Å²) in [5, 5.41) is 3.32. The largest absolute Gasteiger partial charge is 0.468 e. The number of piperidine rings is 1. The molecule has 0 saturated carbocycles. The van der Waals surface area contributed by atoms with Crippen LogP contribution in [0, 0.1) is 5.41 Å². The van der Waals surface area contributed by atoms with Gasteiger partial charge in [0.05, 0.1) is 6.61 Å². The van der Waals surface area contributed by atoms with Gasteiger partial charge in [-0.15, -0.1) is 0 Å². The molecule has 0 spiro atoms. The van der Waals surface area contributed by atoms with Gasteiger partial charge in [0.25, 0.3) is 6.47 Å². The fourth-order valence-corrected chi connectivity index (χ4v) is 1.63.